The van der Waals surface area contributed by atoms with E-state index in [0.29, 0.717) is 41.3 Å². The van der Waals surface area contributed by atoms with Crippen molar-refractivity contribution < 1.29 is 23.4 Å². The molecule has 3 rings (SSSR count). The maximum Gasteiger partial charge on any atom is 0.251 e. The van der Waals surface area contributed by atoms with E-state index in [9.17, 15) is 0 Å². The lowest BCUT2D eigenvalue weighted by Crippen LogP contribution is -2.02. The van der Waals surface area contributed by atoms with E-state index in [2.05, 4.69) is 15.5 Å². The molecule has 0 radical (unpaired) electrons. The summed E-state index contributed by atoms with van der Waals surface area (Å²) < 4.78 is 27.1. The van der Waals surface area contributed by atoms with E-state index in [4.69, 9.17) is 23.4 Å². The van der Waals surface area contributed by atoms with Crippen molar-refractivity contribution in [1.82, 2.24) is 10.2 Å². The van der Waals surface area contributed by atoms with Crippen LogP contribution in [-0.2, 0) is 6.54 Å². The van der Waals surface area contributed by atoms with Crippen LogP contribution in [0.3, 0.4) is 0 Å². The van der Waals surface area contributed by atoms with E-state index in [1.165, 1.54) is 0 Å². The van der Waals surface area contributed by atoms with Gasteiger partial charge in [0.1, 0.15) is 5.75 Å². The standard InChI is InChI=1S/C19H21N3O5/c1-23-14-8-6-5-7-13(14)19-22-21-17(27-19)11-20-12-9-15(24-2)18(26-4)16(10-12)25-3/h5-10,20H,11H2,1-4H3. The first-order valence-electron chi connectivity index (χ1n) is 8.19. The van der Waals surface area contributed by atoms with Gasteiger partial charge < -0.3 is 28.7 Å². The van der Waals surface area contributed by atoms with Gasteiger partial charge in [0.05, 0.1) is 40.5 Å². The number of ether oxygens (including phenoxy) is 4. The fraction of sp³-hybridized carbons (Fsp3) is 0.263. The zero-order chi connectivity index (χ0) is 19.2. The Hall–Kier alpha value is -3.42. The number of hydrogen-bond donors (Lipinski definition) is 1. The minimum atomic E-state index is 0.334. The number of hydrogen-bond acceptors (Lipinski definition) is 8. The number of nitrogens with one attached hydrogen (secondary N) is 1. The second-order valence-corrected chi connectivity index (χ2v) is 5.47. The molecule has 0 amide bonds. The second kappa shape index (κ2) is 8.31. The highest BCUT2D eigenvalue weighted by molar-refractivity contribution is 5.63. The molecule has 0 aliphatic carbocycles. The largest absolute Gasteiger partial charge is 0.496 e. The SMILES string of the molecule is COc1ccccc1-c1nnc(CNc2cc(OC)c(OC)c(OC)c2)o1. The predicted molar refractivity (Wildman–Crippen MR) is 99.7 cm³/mol. The summed E-state index contributed by atoms with van der Waals surface area (Å²) in [5.74, 6) is 3.14. The van der Waals surface area contributed by atoms with Crippen molar-refractivity contribution >= 4 is 5.69 Å². The van der Waals surface area contributed by atoms with Gasteiger partial charge in [0.25, 0.3) is 5.89 Å². The number of para-hydroxylation sites is 1. The highest BCUT2D eigenvalue weighted by atomic mass is 16.5. The molecule has 0 spiro atoms. The number of nitrogens with zero attached hydrogens (tertiary/aromatic N) is 2. The Morgan fingerprint density at radius 1 is 0.852 bits per heavy atom. The van der Waals surface area contributed by atoms with Crippen molar-refractivity contribution in [3.63, 3.8) is 0 Å². The summed E-state index contributed by atoms with van der Waals surface area (Å²) in [5.41, 5.74) is 1.51. The van der Waals surface area contributed by atoms with E-state index in [1.807, 2.05) is 24.3 Å². The summed E-state index contributed by atoms with van der Waals surface area (Å²) in [4.78, 5) is 0. The van der Waals surface area contributed by atoms with E-state index in [1.54, 1.807) is 40.6 Å². The molecule has 0 aliphatic rings. The summed E-state index contributed by atoms with van der Waals surface area (Å²) in [7, 11) is 6.30. The Labute approximate surface area is 157 Å². The maximum absolute atomic E-state index is 5.74. The van der Waals surface area contributed by atoms with Crippen molar-refractivity contribution in [2.45, 2.75) is 6.54 Å². The topological polar surface area (TPSA) is 87.9 Å². The first kappa shape index (κ1) is 18.4. The molecule has 8 heteroatoms. The van der Waals surface area contributed by atoms with Crippen molar-refractivity contribution in [3.05, 3.63) is 42.3 Å². The third kappa shape index (κ3) is 3.89. The quantitative estimate of drug-likeness (QED) is 0.645. The fourth-order valence-electron chi connectivity index (χ4n) is 2.62. The smallest absolute Gasteiger partial charge is 0.251 e. The van der Waals surface area contributed by atoms with Crippen LogP contribution in [0.1, 0.15) is 5.89 Å². The number of benzene rings is 2. The van der Waals surface area contributed by atoms with Crippen LogP contribution in [0.2, 0.25) is 0 Å². The van der Waals surface area contributed by atoms with Gasteiger partial charge in [-0.2, -0.15) is 0 Å². The van der Waals surface area contributed by atoms with E-state index < -0.39 is 0 Å². The molecule has 0 saturated heterocycles. The van der Waals surface area contributed by atoms with Crippen LogP contribution in [0.4, 0.5) is 5.69 Å². The molecule has 8 nitrogen and oxygen atoms in total. The number of rotatable bonds is 8. The molecular weight excluding hydrogens is 350 g/mol. The number of anilines is 1. The summed E-state index contributed by atoms with van der Waals surface area (Å²) in [6.45, 7) is 0.334. The van der Waals surface area contributed by atoms with Gasteiger partial charge in [0.15, 0.2) is 11.5 Å². The normalized spacial score (nSPS) is 10.4. The lowest BCUT2D eigenvalue weighted by molar-refractivity contribution is 0.324. The van der Waals surface area contributed by atoms with Gasteiger partial charge in [-0.15, -0.1) is 10.2 Å². The van der Waals surface area contributed by atoms with E-state index in [-0.39, 0.29) is 0 Å². The van der Waals surface area contributed by atoms with E-state index in [0.717, 1.165) is 11.3 Å². The Bertz CT molecular complexity index is 885. The predicted octanol–water partition coefficient (Wildman–Crippen LogP) is 3.38. The Balaban J connectivity index is 1.77. The van der Waals surface area contributed by atoms with Gasteiger partial charge >= 0.3 is 0 Å². The van der Waals surface area contributed by atoms with Gasteiger partial charge in [-0.1, -0.05) is 12.1 Å². The van der Waals surface area contributed by atoms with Gasteiger partial charge in [-0.25, -0.2) is 0 Å². The monoisotopic (exact) mass is 371 g/mol. The number of methoxy groups -OCH3 is 4. The zero-order valence-electron chi connectivity index (χ0n) is 15.6. The third-order valence-corrected chi connectivity index (χ3v) is 3.91. The minimum Gasteiger partial charge on any atom is -0.496 e. The van der Waals surface area contributed by atoms with Crippen LogP contribution in [0.5, 0.6) is 23.0 Å². The molecule has 0 fully saturated rings. The lowest BCUT2D eigenvalue weighted by atomic mass is 10.2. The molecule has 0 unspecified atom stereocenters. The van der Waals surface area contributed by atoms with Gasteiger partial charge in [0, 0.05) is 17.8 Å². The molecule has 0 bridgehead atoms. The third-order valence-electron chi connectivity index (χ3n) is 3.91. The molecule has 1 heterocycles. The van der Waals surface area contributed by atoms with Crippen LogP contribution < -0.4 is 24.3 Å². The molecule has 3 aromatic rings. The van der Waals surface area contributed by atoms with Crippen molar-refractivity contribution in [3.8, 4) is 34.5 Å². The van der Waals surface area contributed by atoms with Crippen LogP contribution in [0.15, 0.2) is 40.8 Å². The van der Waals surface area contributed by atoms with Crippen LogP contribution in [0.25, 0.3) is 11.5 Å². The summed E-state index contributed by atoms with van der Waals surface area (Å²) in [6, 6.07) is 11.1. The van der Waals surface area contributed by atoms with Gasteiger partial charge in [0.2, 0.25) is 11.6 Å². The highest BCUT2D eigenvalue weighted by Crippen LogP contribution is 2.40. The Morgan fingerprint density at radius 3 is 2.15 bits per heavy atom. The Kier molecular flexibility index (Phi) is 5.65. The molecular formula is C19H21N3O5. The maximum atomic E-state index is 5.74. The molecule has 1 aromatic heterocycles. The zero-order valence-corrected chi connectivity index (χ0v) is 15.6. The Morgan fingerprint density at radius 2 is 1.52 bits per heavy atom. The summed E-state index contributed by atoms with van der Waals surface area (Å²) >= 11 is 0. The van der Waals surface area contributed by atoms with Crippen molar-refractivity contribution in [2.75, 3.05) is 33.8 Å². The molecule has 142 valence electrons. The van der Waals surface area contributed by atoms with Gasteiger partial charge in [-0.3, -0.25) is 0 Å². The molecule has 0 atom stereocenters. The first-order valence-corrected chi connectivity index (χ1v) is 8.19. The average molecular weight is 371 g/mol. The van der Waals surface area contributed by atoms with Crippen LogP contribution in [0, 0.1) is 0 Å². The van der Waals surface area contributed by atoms with Crippen LogP contribution >= 0.6 is 0 Å². The molecule has 0 aliphatic heterocycles. The lowest BCUT2D eigenvalue weighted by Gasteiger charge is -2.14. The minimum absolute atomic E-state index is 0.334. The number of aromatic nitrogens is 2. The van der Waals surface area contributed by atoms with Crippen LogP contribution in [-0.4, -0.2) is 38.6 Å². The van der Waals surface area contributed by atoms with E-state index >= 15 is 0 Å². The summed E-state index contributed by atoms with van der Waals surface area (Å²) in [6.07, 6.45) is 0. The first-order chi connectivity index (χ1) is 13.2. The summed E-state index contributed by atoms with van der Waals surface area (Å²) in [5, 5.41) is 11.4. The fourth-order valence-corrected chi connectivity index (χ4v) is 2.62. The molecule has 27 heavy (non-hydrogen) atoms. The van der Waals surface area contributed by atoms with Crippen molar-refractivity contribution in [1.29, 1.82) is 0 Å². The highest BCUT2D eigenvalue weighted by Gasteiger charge is 2.15. The van der Waals surface area contributed by atoms with Gasteiger partial charge in [-0.05, 0) is 12.1 Å². The molecule has 1 N–H and O–H groups in total. The van der Waals surface area contributed by atoms with Crippen molar-refractivity contribution in [2.24, 2.45) is 0 Å². The molecule has 0 saturated carbocycles. The average Bonchev–Trinajstić information content (AvgIpc) is 3.20. The molecule has 2 aromatic carbocycles. The second-order valence-electron chi connectivity index (χ2n) is 5.47.